The second-order valence-corrected chi connectivity index (χ2v) is 4.82. The fourth-order valence-electron chi connectivity index (χ4n) is 1.83. The second-order valence-electron chi connectivity index (χ2n) is 4.82. The first-order valence-corrected chi connectivity index (χ1v) is 6.62. The number of nitrogens with two attached hydrogens (primary N) is 1. The van der Waals surface area contributed by atoms with Crippen LogP contribution in [-0.2, 0) is 11.2 Å². The Morgan fingerprint density at radius 2 is 2.00 bits per heavy atom. The predicted octanol–water partition coefficient (Wildman–Crippen LogP) is 2.92. The predicted molar refractivity (Wildman–Crippen MR) is 73.5 cm³/mol. The lowest BCUT2D eigenvalue weighted by Crippen LogP contribution is -2.11. The van der Waals surface area contributed by atoms with E-state index in [0.717, 1.165) is 17.9 Å². The van der Waals surface area contributed by atoms with Crippen molar-refractivity contribution in [3.05, 3.63) is 29.8 Å². The van der Waals surface area contributed by atoms with E-state index in [0.29, 0.717) is 18.8 Å². The summed E-state index contributed by atoms with van der Waals surface area (Å²) < 4.78 is 5.71. The Hall–Kier alpha value is -1.51. The van der Waals surface area contributed by atoms with Gasteiger partial charge in [-0.15, -0.1) is 0 Å². The lowest BCUT2D eigenvalue weighted by molar-refractivity contribution is -0.117. The van der Waals surface area contributed by atoms with Crippen molar-refractivity contribution in [3.63, 3.8) is 0 Å². The summed E-state index contributed by atoms with van der Waals surface area (Å²) in [6.07, 6.45) is 3.48. The van der Waals surface area contributed by atoms with Crippen LogP contribution in [0.1, 0.15) is 38.7 Å². The highest BCUT2D eigenvalue weighted by Gasteiger charge is 2.02. The van der Waals surface area contributed by atoms with Gasteiger partial charge in [0.15, 0.2) is 0 Å². The minimum atomic E-state index is -0.260. The Kier molecular flexibility index (Phi) is 6.26. The minimum absolute atomic E-state index is 0.260. The normalized spacial score (nSPS) is 12.1. The number of rotatable bonds is 8. The lowest BCUT2D eigenvalue weighted by atomic mass is 10.1. The van der Waals surface area contributed by atoms with Crippen molar-refractivity contribution < 1.29 is 9.53 Å². The van der Waals surface area contributed by atoms with Crippen LogP contribution in [0.4, 0.5) is 0 Å². The molecule has 3 heteroatoms. The molecule has 0 saturated heterocycles. The molecule has 0 aliphatic heterocycles. The molecule has 0 radical (unpaired) electrons. The summed E-state index contributed by atoms with van der Waals surface area (Å²) in [5.74, 6) is 1.22. The Morgan fingerprint density at radius 3 is 2.56 bits per heavy atom. The van der Waals surface area contributed by atoms with Gasteiger partial charge >= 0.3 is 0 Å². The second kappa shape index (κ2) is 7.75. The lowest BCUT2D eigenvalue weighted by Gasteiger charge is -2.12. The number of amides is 1. The van der Waals surface area contributed by atoms with E-state index in [4.69, 9.17) is 10.5 Å². The molecule has 0 bridgehead atoms. The van der Waals surface area contributed by atoms with Crippen molar-refractivity contribution in [2.24, 2.45) is 11.7 Å². The van der Waals surface area contributed by atoms with Crippen molar-refractivity contribution in [2.75, 3.05) is 6.61 Å². The summed E-state index contributed by atoms with van der Waals surface area (Å²) in [5.41, 5.74) is 6.23. The van der Waals surface area contributed by atoms with E-state index >= 15 is 0 Å². The summed E-state index contributed by atoms with van der Waals surface area (Å²) in [6, 6.07) is 7.88. The quantitative estimate of drug-likeness (QED) is 0.770. The Morgan fingerprint density at radius 1 is 1.33 bits per heavy atom. The topological polar surface area (TPSA) is 52.3 Å². The van der Waals surface area contributed by atoms with Gasteiger partial charge < -0.3 is 10.5 Å². The van der Waals surface area contributed by atoms with Crippen LogP contribution in [0.15, 0.2) is 24.3 Å². The summed E-state index contributed by atoms with van der Waals surface area (Å²) in [6.45, 7) is 5.14. The van der Waals surface area contributed by atoms with Crippen LogP contribution in [0.2, 0.25) is 0 Å². The zero-order chi connectivity index (χ0) is 13.4. The SMILES string of the molecule is CCC[C@H](C)COc1ccc(CCC(N)=O)cc1. The van der Waals surface area contributed by atoms with Crippen molar-refractivity contribution in [2.45, 2.75) is 39.5 Å². The van der Waals surface area contributed by atoms with Crippen LogP contribution in [0.3, 0.4) is 0 Å². The molecular weight excluding hydrogens is 226 g/mol. The number of hydrogen-bond acceptors (Lipinski definition) is 2. The molecule has 0 aliphatic carbocycles. The first-order chi connectivity index (χ1) is 8.61. The van der Waals surface area contributed by atoms with Crippen molar-refractivity contribution in [1.29, 1.82) is 0 Å². The molecule has 18 heavy (non-hydrogen) atoms. The molecule has 0 spiro atoms. The summed E-state index contributed by atoms with van der Waals surface area (Å²) in [4.78, 5) is 10.7. The van der Waals surface area contributed by atoms with Gasteiger partial charge in [-0.3, -0.25) is 4.79 Å². The van der Waals surface area contributed by atoms with Gasteiger partial charge in [-0.1, -0.05) is 32.4 Å². The molecule has 1 aromatic rings. The molecule has 1 amide bonds. The molecule has 100 valence electrons. The first-order valence-electron chi connectivity index (χ1n) is 6.62. The van der Waals surface area contributed by atoms with Gasteiger partial charge in [0.05, 0.1) is 6.61 Å². The molecule has 0 heterocycles. The number of carbonyl (C=O) groups is 1. The third kappa shape index (κ3) is 5.71. The molecule has 1 atom stereocenters. The number of hydrogen-bond donors (Lipinski definition) is 1. The fraction of sp³-hybridized carbons (Fsp3) is 0.533. The minimum Gasteiger partial charge on any atom is -0.493 e. The zero-order valence-corrected chi connectivity index (χ0v) is 11.3. The monoisotopic (exact) mass is 249 g/mol. The van der Waals surface area contributed by atoms with Gasteiger partial charge in [0.2, 0.25) is 5.91 Å². The molecule has 0 aliphatic rings. The number of aryl methyl sites for hydroxylation is 1. The highest BCUT2D eigenvalue weighted by molar-refractivity contribution is 5.73. The average molecular weight is 249 g/mol. The molecule has 0 aromatic heterocycles. The van der Waals surface area contributed by atoms with Crippen molar-refractivity contribution in [3.8, 4) is 5.75 Å². The molecule has 2 N–H and O–H groups in total. The maximum atomic E-state index is 10.7. The molecule has 3 nitrogen and oxygen atoms in total. The molecule has 0 saturated carbocycles. The van der Waals surface area contributed by atoms with Crippen molar-refractivity contribution in [1.82, 2.24) is 0 Å². The van der Waals surface area contributed by atoms with Gasteiger partial charge in [-0.05, 0) is 36.5 Å². The summed E-state index contributed by atoms with van der Waals surface area (Å²) in [7, 11) is 0. The van der Waals surface area contributed by atoms with Gasteiger partial charge in [0.1, 0.15) is 5.75 Å². The van der Waals surface area contributed by atoms with Crippen LogP contribution in [0.5, 0.6) is 5.75 Å². The standard InChI is InChI=1S/C15H23NO2/c1-3-4-12(2)11-18-14-8-5-13(6-9-14)7-10-15(16)17/h5-6,8-9,12H,3-4,7,10-11H2,1-2H3,(H2,16,17)/t12-/m0/s1. The molecular formula is C15H23NO2. The van der Waals surface area contributed by atoms with Gasteiger partial charge in [0, 0.05) is 6.42 Å². The number of ether oxygens (including phenoxy) is 1. The molecule has 0 fully saturated rings. The van der Waals surface area contributed by atoms with Gasteiger partial charge in [-0.2, -0.15) is 0 Å². The largest absolute Gasteiger partial charge is 0.493 e. The Balaban J connectivity index is 2.38. The van der Waals surface area contributed by atoms with Gasteiger partial charge in [-0.25, -0.2) is 0 Å². The Bertz CT molecular complexity index is 359. The van der Waals surface area contributed by atoms with Crippen LogP contribution < -0.4 is 10.5 Å². The van der Waals surface area contributed by atoms with Crippen LogP contribution >= 0.6 is 0 Å². The molecule has 1 rings (SSSR count). The van der Waals surface area contributed by atoms with E-state index in [2.05, 4.69) is 13.8 Å². The number of benzene rings is 1. The van der Waals surface area contributed by atoms with E-state index in [1.807, 2.05) is 24.3 Å². The zero-order valence-electron chi connectivity index (χ0n) is 11.3. The van der Waals surface area contributed by atoms with E-state index in [-0.39, 0.29) is 5.91 Å². The number of primary amides is 1. The highest BCUT2D eigenvalue weighted by atomic mass is 16.5. The van der Waals surface area contributed by atoms with Crippen LogP contribution in [-0.4, -0.2) is 12.5 Å². The summed E-state index contributed by atoms with van der Waals surface area (Å²) >= 11 is 0. The molecule has 1 aromatic carbocycles. The van der Waals surface area contributed by atoms with Crippen LogP contribution in [0, 0.1) is 5.92 Å². The smallest absolute Gasteiger partial charge is 0.217 e. The summed E-state index contributed by atoms with van der Waals surface area (Å²) in [5, 5.41) is 0. The maximum absolute atomic E-state index is 10.7. The first kappa shape index (κ1) is 14.6. The third-order valence-corrected chi connectivity index (χ3v) is 2.90. The fourth-order valence-corrected chi connectivity index (χ4v) is 1.83. The van der Waals surface area contributed by atoms with E-state index < -0.39 is 0 Å². The average Bonchev–Trinajstić information content (AvgIpc) is 2.35. The molecule has 0 unspecified atom stereocenters. The van der Waals surface area contributed by atoms with E-state index in [9.17, 15) is 4.79 Å². The third-order valence-electron chi connectivity index (χ3n) is 2.90. The number of carbonyl (C=O) groups excluding carboxylic acids is 1. The Labute approximate surface area is 109 Å². The van der Waals surface area contributed by atoms with E-state index in [1.165, 1.54) is 12.8 Å². The maximum Gasteiger partial charge on any atom is 0.217 e. The van der Waals surface area contributed by atoms with Crippen LogP contribution in [0.25, 0.3) is 0 Å². The van der Waals surface area contributed by atoms with E-state index in [1.54, 1.807) is 0 Å². The highest BCUT2D eigenvalue weighted by Crippen LogP contribution is 2.15. The van der Waals surface area contributed by atoms with Gasteiger partial charge in [0.25, 0.3) is 0 Å². The van der Waals surface area contributed by atoms with Crippen molar-refractivity contribution >= 4 is 5.91 Å².